The molecule has 1 aliphatic carbocycles. The zero-order valence-corrected chi connectivity index (χ0v) is 12.4. The molecule has 2 aliphatic rings. The molecule has 0 amide bonds. The van der Waals surface area contributed by atoms with Gasteiger partial charge in [-0.15, -0.1) is 0 Å². The quantitative estimate of drug-likeness (QED) is 0.865. The molecule has 3 rings (SSSR count). The van der Waals surface area contributed by atoms with E-state index < -0.39 is 0 Å². The van der Waals surface area contributed by atoms with Gasteiger partial charge >= 0.3 is 0 Å². The van der Waals surface area contributed by atoms with Crippen LogP contribution in [-0.4, -0.2) is 26.8 Å². The molecule has 3 nitrogen and oxygen atoms in total. The first kappa shape index (κ1) is 13.7. The molecule has 3 heteroatoms. The summed E-state index contributed by atoms with van der Waals surface area (Å²) in [7, 11) is 1.73. The van der Waals surface area contributed by atoms with Gasteiger partial charge < -0.3 is 14.8 Å². The fourth-order valence-electron chi connectivity index (χ4n) is 2.88. The summed E-state index contributed by atoms with van der Waals surface area (Å²) in [6.45, 7) is 3.15. The third-order valence-corrected chi connectivity index (χ3v) is 4.32. The normalized spacial score (nSPS) is 22.6. The van der Waals surface area contributed by atoms with Gasteiger partial charge in [0, 0.05) is 0 Å². The van der Waals surface area contributed by atoms with Gasteiger partial charge in [-0.25, -0.2) is 0 Å². The van der Waals surface area contributed by atoms with Crippen molar-refractivity contribution in [3.63, 3.8) is 0 Å². The van der Waals surface area contributed by atoms with Crippen LogP contribution in [0.1, 0.15) is 31.2 Å². The van der Waals surface area contributed by atoms with Crippen LogP contribution in [0.2, 0.25) is 0 Å². The van der Waals surface area contributed by atoms with Crippen molar-refractivity contribution < 1.29 is 9.47 Å². The molecule has 20 heavy (non-hydrogen) atoms. The number of nitrogens with one attached hydrogen (secondary N) is 1. The fraction of sp³-hybridized carbons (Fsp3) is 0.647. The van der Waals surface area contributed by atoms with Gasteiger partial charge in [-0.05, 0) is 74.7 Å². The minimum absolute atomic E-state index is 0.756. The minimum Gasteiger partial charge on any atom is -0.493 e. The minimum atomic E-state index is 0.756. The molecule has 0 radical (unpaired) electrons. The smallest absolute Gasteiger partial charge is 0.161 e. The molecular weight excluding hydrogens is 250 g/mol. The van der Waals surface area contributed by atoms with E-state index in [0.29, 0.717) is 0 Å². The first-order valence-electron chi connectivity index (χ1n) is 7.85. The molecule has 1 heterocycles. The SMILES string of the molecule is COc1cc(CC2CCCNC2)ccc1OCC1CC1. The molecule has 1 N–H and O–H groups in total. The summed E-state index contributed by atoms with van der Waals surface area (Å²) < 4.78 is 11.3. The van der Waals surface area contributed by atoms with Crippen molar-refractivity contribution in [1.82, 2.24) is 5.32 Å². The molecule has 1 unspecified atom stereocenters. The van der Waals surface area contributed by atoms with Crippen LogP contribution in [0.25, 0.3) is 0 Å². The van der Waals surface area contributed by atoms with Crippen LogP contribution in [0.3, 0.4) is 0 Å². The second-order valence-electron chi connectivity index (χ2n) is 6.16. The highest BCUT2D eigenvalue weighted by Crippen LogP contribution is 2.33. The second-order valence-corrected chi connectivity index (χ2v) is 6.16. The highest BCUT2D eigenvalue weighted by Gasteiger charge is 2.22. The van der Waals surface area contributed by atoms with E-state index in [9.17, 15) is 0 Å². The molecular formula is C17H25NO2. The lowest BCUT2D eigenvalue weighted by Gasteiger charge is -2.23. The number of benzene rings is 1. The van der Waals surface area contributed by atoms with E-state index in [1.165, 1.54) is 37.8 Å². The Morgan fingerprint density at radius 2 is 2.05 bits per heavy atom. The summed E-state index contributed by atoms with van der Waals surface area (Å²) in [6, 6.07) is 6.42. The van der Waals surface area contributed by atoms with Crippen LogP contribution in [0, 0.1) is 11.8 Å². The predicted octanol–water partition coefficient (Wildman–Crippen LogP) is 3.03. The maximum absolute atomic E-state index is 5.86. The zero-order chi connectivity index (χ0) is 13.8. The molecule has 1 saturated carbocycles. The van der Waals surface area contributed by atoms with Crippen LogP contribution < -0.4 is 14.8 Å². The van der Waals surface area contributed by atoms with Gasteiger partial charge in [0.05, 0.1) is 13.7 Å². The van der Waals surface area contributed by atoms with E-state index in [1.807, 2.05) is 0 Å². The average molecular weight is 275 g/mol. The summed E-state index contributed by atoms with van der Waals surface area (Å²) in [5.41, 5.74) is 1.36. The van der Waals surface area contributed by atoms with Crippen LogP contribution >= 0.6 is 0 Å². The Morgan fingerprint density at radius 3 is 2.75 bits per heavy atom. The van der Waals surface area contributed by atoms with Gasteiger partial charge in [0.2, 0.25) is 0 Å². The lowest BCUT2D eigenvalue weighted by molar-refractivity contribution is 0.280. The number of piperidine rings is 1. The third kappa shape index (κ3) is 3.66. The van der Waals surface area contributed by atoms with Crippen molar-refractivity contribution in [1.29, 1.82) is 0 Å². The summed E-state index contributed by atoms with van der Waals surface area (Å²) >= 11 is 0. The van der Waals surface area contributed by atoms with Gasteiger partial charge in [-0.1, -0.05) is 6.07 Å². The van der Waals surface area contributed by atoms with Crippen LogP contribution in [0.4, 0.5) is 0 Å². The van der Waals surface area contributed by atoms with Crippen molar-refractivity contribution >= 4 is 0 Å². The molecule has 0 bridgehead atoms. The van der Waals surface area contributed by atoms with E-state index >= 15 is 0 Å². The zero-order valence-electron chi connectivity index (χ0n) is 12.4. The van der Waals surface area contributed by atoms with Gasteiger partial charge in [0.1, 0.15) is 0 Å². The Morgan fingerprint density at radius 1 is 1.15 bits per heavy atom. The summed E-state index contributed by atoms with van der Waals surface area (Å²) in [5, 5.41) is 3.48. The summed E-state index contributed by atoms with van der Waals surface area (Å²) in [5.74, 6) is 3.30. The van der Waals surface area contributed by atoms with E-state index in [1.54, 1.807) is 7.11 Å². The average Bonchev–Trinajstić information content (AvgIpc) is 3.31. The standard InChI is InChI=1S/C17H25NO2/c1-19-17-10-14(9-15-3-2-8-18-11-15)6-7-16(17)20-12-13-4-5-13/h6-7,10,13,15,18H,2-5,8-9,11-12H2,1H3. The van der Waals surface area contributed by atoms with Crippen LogP contribution in [0.5, 0.6) is 11.5 Å². The monoisotopic (exact) mass is 275 g/mol. The van der Waals surface area contributed by atoms with E-state index in [4.69, 9.17) is 9.47 Å². The number of ether oxygens (including phenoxy) is 2. The Hall–Kier alpha value is -1.22. The van der Waals surface area contributed by atoms with Gasteiger partial charge in [-0.3, -0.25) is 0 Å². The Kier molecular flexibility index (Phi) is 4.46. The van der Waals surface area contributed by atoms with Crippen molar-refractivity contribution in [3.8, 4) is 11.5 Å². The number of hydrogen-bond acceptors (Lipinski definition) is 3. The highest BCUT2D eigenvalue weighted by atomic mass is 16.5. The molecule has 1 aliphatic heterocycles. The molecule has 1 saturated heterocycles. The van der Waals surface area contributed by atoms with Crippen LogP contribution in [0.15, 0.2) is 18.2 Å². The number of methoxy groups -OCH3 is 1. The molecule has 1 aromatic rings. The largest absolute Gasteiger partial charge is 0.493 e. The highest BCUT2D eigenvalue weighted by molar-refractivity contribution is 5.43. The van der Waals surface area contributed by atoms with E-state index in [2.05, 4.69) is 23.5 Å². The van der Waals surface area contributed by atoms with Crippen molar-refractivity contribution in [2.75, 3.05) is 26.8 Å². The summed E-state index contributed by atoms with van der Waals surface area (Å²) in [6.07, 6.45) is 6.38. The molecule has 1 atom stereocenters. The van der Waals surface area contributed by atoms with Crippen molar-refractivity contribution in [3.05, 3.63) is 23.8 Å². The van der Waals surface area contributed by atoms with Crippen molar-refractivity contribution in [2.24, 2.45) is 11.8 Å². The summed E-state index contributed by atoms with van der Waals surface area (Å²) in [4.78, 5) is 0. The van der Waals surface area contributed by atoms with Gasteiger partial charge in [0.25, 0.3) is 0 Å². The molecule has 2 fully saturated rings. The lowest BCUT2D eigenvalue weighted by atomic mass is 9.92. The molecule has 0 aromatic heterocycles. The number of hydrogen-bond donors (Lipinski definition) is 1. The van der Waals surface area contributed by atoms with Gasteiger partial charge in [0.15, 0.2) is 11.5 Å². The number of rotatable bonds is 6. The molecule has 1 aromatic carbocycles. The third-order valence-electron chi connectivity index (χ3n) is 4.32. The predicted molar refractivity (Wildman–Crippen MR) is 80.5 cm³/mol. The van der Waals surface area contributed by atoms with E-state index in [-0.39, 0.29) is 0 Å². The van der Waals surface area contributed by atoms with E-state index in [0.717, 1.165) is 42.9 Å². The molecule has 110 valence electrons. The Balaban J connectivity index is 1.62. The first-order valence-corrected chi connectivity index (χ1v) is 7.85. The van der Waals surface area contributed by atoms with Crippen molar-refractivity contribution in [2.45, 2.75) is 32.1 Å². The topological polar surface area (TPSA) is 30.5 Å². The Labute approximate surface area is 121 Å². The fourth-order valence-corrected chi connectivity index (χ4v) is 2.88. The van der Waals surface area contributed by atoms with Crippen LogP contribution in [-0.2, 0) is 6.42 Å². The lowest BCUT2D eigenvalue weighted by Crippen LogP contribution is -2.30. The maximum atomic E-state index is 5.86. The van der Waals surface area contributed by atoms with Gasteiger partial charge in [-0.2, -0.15) is 0 Å². The molecule has 0 spiro atoms. The first-order chi connectivity index (χ1) is 9.85. The Bertz CT molecular complexity index is 437. The maximum Gasteiger partial charge on any atom is 0.161 e. The second kappa shape index (κ2) is 6.49.